The molecule has 0 aliphatic carbocycles. The largest absolute Gasteiger partial charge is 0.491 e. The summed E-state index contributed by atoms with van der Waals surface area (Å²) in [6.07, 6.45) is 0.130. The van der Waals surface area contributed by atoms with E-state index in [1.165, 1.54) is 5.56 Å². The summed E-state index contributed by atoms with van der Waals surface area (Å²) in [6, 6.07) is 15.2. The van der Waals surface area contributed by atoms with Gasteiger partial charge in [0.15, 0.2) is 0 Å². The number of hydrogen-bond acceptors (Lipinski definition) is 2. The molecule has 0 fully saturated rings. The van der Waals surface area contributed by atoms with Crippen LogP contribution in [0.5, 0.6) is 5.75 Å². The zero-order valence-corrected chi connectivity index (χ0v) is 12.7. The van der Waals surface area contributed by atoms with Crippen LogP contribution in [0.15, 0.2) is 48.5 Å². The molecule has 0 saturated heterocycles. The first-order valence-corrected chi connectivity index (χ1v) is 7.15. The van der Waals surface area contributed by atoms with Gasteiger partial charge in [-0.2, -0.15) is 0 Å². The van der Waals surface area contributed by atoms with Crippen LogP contribution in [0.25, 0.3) is 0 Å². The summed E-state index contributed by atoms with van der Waals surface area (Å²) < 4.78 is 5.56. The zero-order valence-electron chi connectivity index (χ0n) is 12.7. The zero-order chi connectivity index (χ0) is 15.2. The second kappa shape index (κ2) is 6.93. The molecule has 21 heavy (non-hydrogen) atoms. The quantitative estimate of drug-likeness (QED) is 0.908. The molecule has 0 aromatic heterocycles. The number of hydrogen-bond donors (Lipinski definition) is 1. The highest BCUT2D eigenvalue weighted by molar-refractivity contribution is 5.94. The Hall–Kier alpha value is -2.29. The summed E-state index contributed by atoms with van der Waals surface area (Å²) in [5, 5.41) is 2.94. The SMILES string of the molecule is Cc1ccccc1CNC(=O)c1ccc(OC(C)C)cc1. The average molecular weight is 283 g/mol. The topological polar surface area (TPSA) is 38.3 Å². The first-order valence-electron chi connectivity index (χ1n) is 7.15. The Morgan fingerprint density at radius 3 is 2.38 bits per heavy atom. The highest BCUT2D eigenvalue weighted by atomic mass is 16.5. The number of rotatable bonds is 5. The summed E-state index contributed by atoms with van der Waals surface area (Å²) in [5.41, 5.74) is 2.95. The second-order valence-corrected chi connectivity index (χ2v) is 5.30. The molecule has 0 radical (unpaired) electrons. The van der Waals surface area contributed by atoms with Gasteiger partial charge < -0.3 is 10.1 Å². The molecule has 0 unspecified atom stereocenters. The third-order valence-corrected chi connectivity index (χ3v) is 3.19. The van der Waals surface area contributed by atoms with Crippen molar-refractivity contribution in [3.63, 3.8) is 0 Å². The number of carbonyl (C=O) groups is 1. The lowest BCUT2D eigenvalue weighted by molar-refractivity contribution is 0.0951. The summed E-state index contributed by atoms with van der Waals surface area (Å²) in [4.78, 5) is 12.1. The summed E-state index contributed by atoms with van der Waals surface area (Å²) in [7, 11) is 0. The van der Waals surface area contributed by atoms with E-state index in [0.29, 0.717) is 12.1 Å². The highest BCUT2D eigenvalue weighted by Gasteiger charge is 2.06. The number of amides is 1. The second-order valence-electron chi connectivity index (χ2n) is 5.30. The molecule has 0 atom stereocenters. The number of aryl methyl sites for hydroxylation is 1. The van der Waals surface area contributed by atoms with Gasteiger partial charge in [-0.25, -0.2) is 0 Å². The Kier molecular flexibility index (Phi) is 4.99. The molecule has 110 valence electrons. The van der Waals surface area contributed by atoms with Crippen molar-refractivity contribution in [3.05, 3.63) is 65.2 Å². The van der Waals surface area contributed by atoms with E-state index >= 15 is 0 Å². The smallest absolute Gasteiger partial charge is 0.251 e. The van der Waals surface area contributed by atoms with Crippen LogP contribution in [0.1, 0.15) is 35.3 Å². The molecule has 2 rings (SSSR count). The van der Waals surface area contributed by atoms with Crippen molar-refractivity contribution < 1.29 is 9.53 Å². The van der Waals surface area contributed by atoms with Crippen molar-refractivity contribution in [2.24, 2.45) is 0 Å². The molecule has 3 heteroatoms. The summed E-state index contributed by atoms with van der Waals surface area (Å²) in [5.74, 6) is 0.704. The first kappa shape index (κ1) is 15.1. The normalized spacial score (nSPS) is 10.5. The molecule has 1 N–H and O–H groups in total. The van der Waals surface area contributed by atoms with Gasteiger partial charge in [-0.15, -0.1) is 0 Å². The van der Waals surface area contributed by atoms with E-state index < -0.39 is 0 Å². The van der Waals surface area contributed by atoms with Crippen LogP contribution in [0.2, 0.25) is 0 Å². The van der Waals surface area contributed by atoms with Gasteiger partial charge in [-0.05, 0) is 56.2 Å². The average Bonchev–Trinajstić information content (AvgIpc) is 2.46. The molecule has 3 nitrogen and oxygen atoms in total. The third kappa shape index (κ3) is 4.35. The number of nitrogens with one attached hydrogen (secondary N) is 1. The van der Waals surface area contributed by atoms with E-state index in [1.54, 1.807) is 12.1 Å². The lowest BCUT2D eigenvalue weighted by Gasteiger charge is -2.11. The van der Waals surface area contributed by atoms with Crippen LogP contribution < -0.4 is 10.1 Å². The molecule has 0 saturated carbocycles. The molecule has 0 heterocycles. The number of benzene rings is 2. The van der Waals surface area contributed by atoms with Gasteiger partial charge in [0, 0.05) is 12.1 Å². The minimum atomic E-state index is -0.0747. The van der Waals surface area contributed by atoms with E-state index in [9.17, 15) is 4.79 Å². The molecule has 0 aliphatic rings. The molecule has 2 aromatic carbocycles. The van der Waals surface area contributed by atoms with E-state index in [0.717, 1.165) is 11.3 Å². The van der Waals surface area contributed by atoms with E-state index in [1.807, 2.05) is 57.2 Å². The minimum Gasteiger partial charge on any atom is -0.491 e. The molecular weight excluding hydrogens is 262 g/mol. The van der Waals surface area contributed by atoms with Crippen molar-refractivity contribution >= 4 is 5.91 Å². The van der Waals surface area contributed by atoms with Crippen molar-refractivity contribution in [3.8, 4) is 5.75 Å². The van der Waals surface area contributed by atoms with Crippen molar-refractivity contribution in [2.45, 2.75) is 33.4 Å². The van der Waals surface area contributed by atoms with Crippen LogP contribution in [0, 0.1) is 6.92 Å². The highest BCUT2D eigenvalue weighted by Crippen LogP contribution is 2.14. The van der Waals surface area contributed by atoms with Gasteiger partial charge in [0.2, 0.25) is 0 Å². The Morgan fingerprint density at radius 1 is 1.10 bits per heavy atom. The maximum absolute atomic E-state index is 12.1. The Labute approximate surface area is 126 Å². The van der Waals surface area contributed by atoms with Gasteiger partial charge in [0.05, 0.1) is 6.10 Å². The first-order chi connectivity index (χ1) is 10.1. The van der Waals surface area contributed by atoms with Crippen LogP contribution >= 0.6 is 0 Å². The van der Waals surface area contributed by atoms with Crippen LogP contribution in [0.3, 0.4) is 0 Å². The number of carbonyl (C=O) groups excluding carboxylic acids is 1. The van der Waals surface area contributed by atoms with Crippen molar-refractivity contribution in [2.75, 3.05) is 0 Å². The lowest BCUT2D eigenvalue weighted by Crippen LogP contribution is -2.23. The monoisotopic (exact) mass is 283 g/mol. The Morgan fingerprint density at radius 2 is 1.76 bits per heavy atom. The Bertz CT molecular complexity index is 603. The van der Waals surface area contributed by atoms with Gasteiger partial charge in [-0.1, -0.05) is 24.3 Å². The number of ether oxygens (including phenoxy) is 1. The van der Waals surface area contributed by atoms with Gasteiger partial charge >= 0.3 is 0 Å². The van der Waals surface area contributed by atoms with Crippen LogP contribution in [-0.4, -0.2) is 12.0 Å². The maximum Gasteiger partial charge on any atom is 0.251 e. The summed E-state index contributed by atoms with van der Waals surface area (Å²) in [6.45, 7) is 6.53. The Balaban J connectivity index is 1.96. The fourth-order valence-corrected chi connectivity index (χ4v) is 2.04. The predicted octanol–water partition coefficient (Wildman–Crippen LogP) is 3.71. The van der Waals surface area contributed by atoms with Crippen LogP contribution in [-0.2, 0) is 6.54 Å². The third-order valence-electron chi connectivity index (χ3n) is 3.19. The van der Waals surface area contributed by atoms with Gasteiger partial charge in [-0.3, -0.25) is 4.79 Å². The van der Waals surface area contributed by atoms with Crippen molar-refractivity contribution in [1.29, 1.82) is 0 Å². The molecule has 2 aromatic rings. The minimum absolute atomic E-state index is 0.0747. The molecule has 0 bridgehead atoms. The molecular formula is C18H21NO2. The maximum atomic E-state index is 12.1. The van der Waals surface area contributed by atoms with Crippen molar-refractivity contribution in [1.82, 2.24) is 5.32 Å². The van der Waals surface area contributed by atoms with Gasteiger partial charge in [0.25, 0.3) is 5.91 Å². The van der Waals surface area contributed by atoms with Gasteiger partial charge in [0.1, 0.15) is 5.75 Å². The fourth-order valence-electron chi connectivity index (χ4n) is 2.04. The van der Waals surface area contributed by atoms with E-state index in [2.05, 4.69) is 5.32 Å². The molecule has 1 amide bonds. The van der Waals surface area contributed by atoms with E-state index in [-0.39, 0.29) is 12.0 Å². The molecule has 0 spiro atoms. The van der Waals surface area contributed by atoms with Crippen LogP contribution in [0.4, 0.5) is 0 Å². The lowest BCUT2D eigenvalue weighted by atomic mass is 10.1. The fraction of sp³-hybridized carbons (Fsp3) is 0.278. The molecule has 0 aliphatic heterocycles. The summed E-state index contributed by atoms with van der Waals surface area (Å²) >= 11 is 0. The van der Waals surface area contributed by atoms with E-state index in [4.69, 9.17) is 4.74 Å². The predicted molar refractivity (Wildman–Crippen MR) is 84.6 cm³/mol. The standard InChI is InChI=1S/C18H21NO2/c1-13(2)21-17-10-8-15(9-11-17)18(20)19-12-16-7-5-4-6-14(16)3/h4-11,13H,12H2,1-3H3,(H,19,20).